The Morgan fingerprint density at radius 1 is 1.35 bits per heavy atom. The maximum absolute atomic E-state index is 12.5. The summed E-state index contributed by atoms with van der Waals surface area (Å²) in [4.78, 5) is 2.10. The summed E-state index contributed by atoms with van der Waals surface area (Å²) < 4.78 is 62.8. The minimum atomic E-state index is -4.74. The van der Waals surface area contributed by atoms with Gasteiger partial charge >= 0.3 is 6.18 Å². The van der Waals surface area contributed by atoms with Gasteiger partial charge in [0.2, 0.25) is 10.0 Å². The zero-order chi connectivity index (χ0) is 15.6. The van der Waals surface area contributed by atoms with Crippen molar-refractivity contribution in [1.29, 1.82) is 0 Å². The second-order valence-corrected chi connectivity index (χ2v) is 7.79. The lowest BCUT2D eigenvalue weighted by atomic mass is 10.00. The highest BCUT2D eigenvalue weighted by Crippen LogP contribution is 2.25. The molecule has 0 aromatic rings. The summed E-state index contributed by atoms with van der Waals surface area (Å²) in [5, 5.41) is -2.39. The molecule has 3 atom stereocenters. The van der Waals surface area contributed by atoms with Crippen LogP contribution >= 0.6 is 0 Å². The minimum absolute atomic E-state index is 0.439. The molecule has 20 heavy (non-hydrogen) atoms. The molecule has 4 nitrogen and oxygen atoms in total. The highest BCUT2D eigenvalue weighted by molar-refractivity contribution is 7.90. The number of piperidine rings is 1. The Bertz CT molecular complexity index is 411. The highest BCUT2D eigenvalue weighted by atomic mass is 32.2. The molecule has 1 saturated heterocycles. The van der Waals surface area contributed by atoms with Crippen LogP contribution in [0, 0.1) is 5.92 Å². The van der Waals surface area contributed by atoms with E-state index in [1.165, 1.54) is 0 Å². The number of likely N-dealkylation sites (tertiary alicyclic amines) is 1. The summed E-state index contributed by atoms with van der Waals surface area (Å²) in [5.74, 6) is 0.543. The van der Waals surface area contributed by atoms with Crippen molar-refractivity contribution in [3.8, 4) is 0 Å². The molecule has 0 bridgehead atoms. The van der Waals surface area contributed by atoms with Crippen molar-refractivity contribution in [3.05, 3.63) is 0 Å². The summed E-state index contributed by atoms with van der Waals surface area (Å²) in [6, 6.07) is -0.532. The summed E-state index contributed by atoms with van der Waals surface area (Å²) in [6.45, 7) is 6.55. The van der Waals surface area contributed by atoms with Crippen LogP contribution in [0.1, 0.15) is 33.6 Å². The van der Waals surface area contributed by atoms with E-state index in [2.05, 4.69) is 16.5 Å². The van der Waals surface area contributed by atoms with Gasteiger partial charge in [-0.25, -0.2) is 13.1 Å². The largest absolute Gasteiger partial charge is 0.406 e. The maximum Gasteiger partial charge on any atom is 0.406 e. The second-order valence-electron chi connectivity index (χ2n) is 5.75. The molecule has 1 aliphatic rings. The van der Waals surface area contributed by atoms with Crippen LogP contribution in [-0.4, -0.2) is 50.4 Å². The lowest BCUT2D eigenvalue weighted by Crippen LogP contribution is -2.49. The Labute approximate surface area is 118 Å². The van der Waals surface area contributed by atoms with E-state index >= 15 is 0 Å². The van der Waals surface area contributed by atoms with Gasteiger partial charge in [-0.05, 0) is 39.2 Å². The normalized spacial score (nSPS) is 25.4. The van der Waals surface area contributed by atoms with Crippen molar-refractivity contribution in [2.24, 2.45) is 5.92 Å². The van der Waals surface area contributed by atoms with Crippen LogP contribution in [-0.2, 0) is 10.0 Å². The predicted molar refractivity (Wildman–Crippen MR) is 71.9 cm³/mol. The predicted octanol–water partition coefficient (Wildman–Crippen LogP) is 1.98. The third-order valence-electron chi connectivity index (χ3n) is 3.57. The van der Waals surface area contributed by atoms with Crippen molar-refractivity contribution in [2.75, 3.05) is 19.6 Å². The number of hydrogen-bond acceptors (Lipinski definition) is 3. The monoisotopic (exact) mass is 316 g/mol. The van der Waals surface area contributed by atoms with Crippen LogP contribution in [0.15, 0.2) is 0 Å². The smallest absolute Gasteiger partial charge is 0.301 e. The summed E-state index contributed by atoms with van der Waals surface area (Å²) in [6.07, 6.45) is -2.56. The van der Waals surface area contributed by atoms with Gasteiger partial charge in [-0.3, -0.25) is 0 Å². The first kappa shape index (κ1) is 17.7. The van der Waals surface area contributed by atoms with Crippen LogP contribution in [0.2, 0.25) is 0 Å². The first-order valence-corrected chi connectivity index (χ1v) is 8.37. The molecule has 1 heterocycles. The Hall–Kier alpha value is -0.340. The molecule has 0 radical (unpaired) electrons. The van der Waals surface area contributed by atoms with E-state index in [0.29, 0.717) is 19.4 Å². The van der Waals surface area contributed by atoms with Crippen molar-refractivity contribution < 1.29 is 21.6 Å². The van der Waals surface area contributed by atoms with E-state index in [1.54, 1.807) is 6.92 Å². The Kier molecular flexibility index (Phi) is 5.86. The lowest BCUT2D eigenvalue weighted by molar-refractivity contribution is -0.127. The zero-order valence-electron chi connectivity index (χ0n) is 12.1. The van der Waals surface area contributed by atoms with Crippen LogP contribution in [0.5, 0.6) is 0 Å². The van der Waals surface area contributed by atoms with Gasteiger partial charge in [0.1, 0.15) is 0 Å². The molecule has 1 N–H and O–H groups in total. The quantitative estimate of drug-likeness (QED) is 0.844. The molecule has 0 aromatic heterocycles. The fourth-order valence-electron chi connectivity index (χ4n) is 2.44. The molecule has 120 valence electrons. The topological polar surface area (TPSA) is 49.4 Å². The summed E-state index contributed by atoms with van der Waals surface area (Å²) in [7, 11) is -4.38. The van der Waals surface area contributed by atoms with Crippen molar-refractivity contribution >= 4 is 10.0 Å². The fourth-order valence-corrected chi connectivity index (χ4v) is 3.63. The number of rotatable bonds is 5. The van der Waals surface area contributed by atoms with Gasteiger partial charge in [0.15, 0.2) is 5.25 Å². The van der Waals surface area contributed by atoms with Crippen LogP contribution in [0.3, 0.4) is 0 Å². The van der Waals surface area contributed by atoms with E-state index in [0.717, 1.165) is 25.9 Å². The van der Waals surface area contributed by atoms with Gasteiger partial charge < -0.3 is 4.90 Å². The average Bonchev–Trinajstić information content (AvgIpc) is 2.25. The zero-order valence-corrected chi connectivity index (χ0v) is 12.9. The summed E-state index contributed by atoms with van der Waals surface area (Å²) >= 11 is 0. The van der Waals surface area contributed by atoms with E-state index < -0.39 is 27.5 Å². The molecule has 0 spiro atoms. The van der Waals surface area contributed by atoms with Crippen LogP contribution in [0.4, 0.5) is 13.2 Å². The van der Waals surface area contributed by atoms with Gasteiger partial charge in [0.05, 0.1) is 0 Å². The van der Waals surface area contributed by atoms with Gasteiger partial charge in [0.25, 0.3) is 0 Å². The summed E-state index contributed by atoms with van der Waals surface area (Å²) in [5.41, 5.74) is 0. The number of nitrogens with one attached hydrogen (secondary N) is 1. The van der Waals surface area contributed by atoms with Gasteiger partial charge in [-0.2, -0.15) is 13.2 Å². The van der Waals surface area contributed by atoms with Gasteiger partial charge in [-0.15, -0.1) is 0 Å². The fraction of sp³-hybridized carbons (Fsp3) is 1.00. The number of nitrogens with zero attached hydrogens (tertiary/aromatic N) is 1. The van der Waals surface area contributed by atoms with Crippen molar-refractivity contribution in [1.82, 2.24) is 9.62 Å². The molecule has 0 amide bonds. The molecule has 1 rings (SSSR count). The standard InChI is InChI=1S/C12H23F3N2O2S/c1-9-5-4-6-17(7-9)8-10(2)16-20(18,19)11(3)12(13,14)15/h9-11,16H,4-8H2,1-3H3/t9-,10-,11+/m1/s1. The van der Waals surface area contributed by atoms with Crippen molar-refractivity contribution in [2.45, 2.75) is 51.1 Å². The Morgan fingerprint density at radius 3 is 2.45 bits per heavy atom. The third kappa shape index (κ3) is 5.21. The number of sulfonamides is 1. The van der Waals surface area contributed by atoms with Gasteiger partial charge in [-0.1, -0.05) is 6.92 Å². The molecule has 8 heteroatoms. The molecule has 1 fully saturated rings. The second kappa shape index (κ2) is 6.62. The van der Waals surface area contributed by atoms with Crippen LogP contribution < -0.4 is 4.72 Å². The molecular weight excluding hydrogens is 293 g/mol. The molecule has 0 unspecified atom stereocenters. The molecular formula is C12H23F3N2O2S. The first-order chi connectivity index (χ1) is 9.02. The highest BCUT2D eigenvalue weighted by Gasteiger charge is 2.45. The van der Waals surface area contributed by atoms with Gasteiger partial charge in [0, 0.05) is 19.1 Å². The number of hydrogen-bond donors (Lipinski definition) is 1. The van der Waals surface area contributed by atoms with E-state index in [4.69, 9.17) is 0 Å². The molecule has 0 aliphatic carbocycles. The van der Waals surface area contributed by atoms with Crippen LogP contribution in [0.25, 0.3) is 0 Å². The first-order valence-electron chi connectivity index (χ1n) is 6.82. The maximum atomic E-state index is 12.5. The molecule has 1 aliphatic heterocycles. The van der Waals surface area contributed by atoms with E-state index in [9.17, 15) is 21.6 Å². The lowest BCUT2D eigenvalue weighted by Gasteiger charge is -2.33. The number of halogens is 3. The SMILES string of the molecule is C[C@@H]1CCCN(C[C@@H](C)NS(=O)(=O)[C@@H](C)C(F)(F)F)C1. The third-order valence-corrected chi connectivity index (χ3v) is 5.49. The number of alkyl halides is 3. The van der Waals surface area contributed by atoms with E-state index in [1.807, 2.05) is 0 Å². The average molecular weight is 316 g/mol. The molecule has 0 saturated carbocycles. The minimum Gasteiger partial charge on any atom is -0.301 e. The van der Waals surface area contributed by atoms with Crippen molar-refractivity contribution in [3.63, 3.8) is 0 Å². The Balaban J connectivity index is 2.55. The van der Waals surface area contributed by atoms with E-state index in [-0.39, 0.29) is 0 Å². The molecule has 0 aromatic carbocycles. The Morgan fingerprint density at radius 2 is 1.95 bits per heavy atom.